The second-order valence-corrected chi connectivity index (χ2v) is 4.18. The van der Waals surface area contributed by atoms with Gasteiger partial charge in [-0.15, -0.1) is 0 Å². The molecule has 0 aliphatic rings. The second kappa shape index (κ2) is 7.07. The molecule has 0 spiro atoms. The Labute approximate surface area is 103 Å². The van der Waals surface area contributed by atoms with Crippen molar-refractivity contribution in [3.8, 4) is 0 Å². The van der Waals surface area contributed by atoms with E-state index in [9.17, 15) is 4.79 Å². The van der Waals surface area contributed by atoms with Crippen molar-refractivity contribution in [2.45, 2.75) is 33.2 Å². The number of hydrogen-bond donors (Lipinski definition) is 2. The molecule has 0 fully saturated rings. The van der Waals surface area contributed by atoms with Gasteiger partial charge in [0.25, 0.3) is 0 Å². The second-order valence-electron chi connectivity index (χ2n) is 4.18. The fourth-order valence-corrected chi connectivity index (χ4v) is 1.86. The maximum Gasteiger partial charge on any atom is 0.224 e. The molecule has 0 saturated heterocycles. The van der Waals surface area contributed by atoms with Crippen molar-refractivity contribution in [1.82, 2.24) is 5.32 Å². The average Bonchev–Trinajstić information content (AvgIpc) is 2.38. The van der Waals surface area contributed by atoms with Crippen LogP contribution in [0.4, 0.5) is 0 Å². The van der Waals surface area contributed by atoms with Gasteiger partial charge in [0.05, 0.1) is 0 Å². The van der Waals surface area contributed by atoms with Gasteiger partial charge in [0, 0.05) is 19.0 Å². The third-order valence-corrected chi connectivity index (χ3v) is 3.10. The normalized spacial score (nSPS) is 12.2. The van der Waals surface area contributed by atoms with Gasteiger partial charge in [-0.1, -0.05) is 38.1 Å². The SMILES string of the molecule is CCc1ccccc1CNC(=O)C(CC)CN. The zero-order valence-electron chi connectivity index (χ0n) is 10.7. The Morgan fingerprint density at radius 3 is 2.47 bits per heavy atom. The van der Waals surface area contributed by atoms with Gasteiger partial charge in [-0.25, -0.2) is 0 Å². The van der Waals surface area contributed by atoms with Gasteiger partial charge in [-0.2, -0.15) is 0 Å². The number of aryl methyl sites for hydroxylation is 1. The summed E-state index contributed by atoms with van der Waals surface area (Å²) in [5.41, 5.74) is 8.02. The zero-order valence-corrected chi connectivity index (χ0v) is 10.7. The van der Waals surface area contributed by atoms with Crippen LogP contribution in [-0.2, 0) is 17.8 Å². The third-order valence-electron chi connectivity index (χ3n) is 3.10. The maximum atomic E-state index is 11.8. The van der Waals surface area contributed by atoms with Crippen molar-refractivity contribution in [2.75, 3.05) is 6.54 Å². The first-order valence-electron chi connectivity index (χ1n) is 6.27. The number of carbonyl (C=O) groups is 1. The number of benzene rings is 1. The van der Waals surface area contributed by atoms with E-state index in [0.29, 0.717) is 13.1 Å². The minimum atomic E-state index is -0.0659. The number of carbonyl (C=O) groups excluding carboxylic acids is 1. The molecule has 0 bridgehead atoms. The molecule has 0 aromatic heterocycles. The lowest BCUT2D eigenvalue weighted by Gasteiger charge is -2.14. The molecule has 3 nitrogen and oxygen atoms in total. The van der Waals surface area contributed by atoms with Gasteiger partial charge in [-0.3, -0.25) is 4.79 Å². The van der Waals surface area contributed by atoms with Gasteiger partial charge in [0.2, 0.25) is 5.91 Å². The minimum absolute atomic E-state index is 0.0564. The van der Waals surface area contributed by atoms with Crippen molar-refractivity contribution in [1.29, 1.82) is 0 Å². The molecule has 1 aromatic rings. The molecule has 1 rings (SSSR count). The van der Waals surface area contributed by atoms with Crippen LogP contribution in [0.1, 0.15) is 31.4 Å². The number of hydrogen-bond acceptors (Lipinski definition) is 2. The number of rotatable bonds is 6. The molecule has 1 amide bonds. The van der Waals surface area contributed by atoms with Gasteiger partial charge < -0.3 is 11.1 Å². The van der Waals surface area contributed by atoms with E-state index in [1.807, 2.05) is 19.1 Å². The molecule has 17 heavy (non-hydrogen) atoms. The summed E-state index contributed by atoms with van der Waals surface area (Å²) in [6.45, 7) is 5.11. The van der Waals surface area contributed by atoms with Crippen LogP contribution in [0, 0.1) is 5.92 Å². The van der Waals surface area contributed by atoms with Crippen molar-refractivity contribution < 1.29 is 4.79 Å². The molecule has 1 atom stereocenters. The molecule has 3 heteroatoms. The fourth-order valence-electron chi connectivity index (χ4n) is 1.86. The van der Waals surface area contributed by atoms with E-state index in [1.54, 1.807) is 0 Å². The molecule has 0 saturated carbocycles. The molecular formula is C14H22N2O. The molecule has 1 aromatic carbocycles. The lowest BCUT2D eigenvalue weighted by molar-refractivity contribution is -0.124. The minimum Gasteiger partial charge on any atom is -0.352 e. The number of nitrogens with two attached hydrogens (primary N) is 1. The first kappa shape index (κ1) is 13.7. The highest BCUT2D eigenvalue weighted by Gasteiger charge is 2.13. The summed E-state index contributed by atoms with van der Waals surface area (Å²) >= 11 is 0. The monoisotopic (exact) mass is 234 g/mol. The molecule has 94 valence electrons. The van der Waals surface area contributed by atoms with Crippen molar-refractivity contribution in [3.63, 3.8) is 0 Å². The van der Waals surface area contributed by atoms with Crippen LogP contribution in [0.5, 0.6) is 0 Å². The quantitative estimate of drug-likeness (QED) is 0.789. The maximum absolute atomic E-state index is 11.8. The Bertz CT molecular complexity index is 359. The molecule has 0 aliphatic carbocycles. The van der Waals surface area contributed by atoms with E-state index in [2.05, 4.69) is 24.4 Å². The van der Waals surface area contributed by atoms with E-state index < -0.39 is 0 Å². The standard InChI is InChI=1S/C14H22N2O/c1-3-11-7-5-6-8-13(11)10-16-14(17)12(4-2)9-15/h5-8,12H,3-4,9-10,15H2,1-2H3,(H,16,17). The fraction of sp³-hybridized carbons (Fsp3) is 0.500. The first-order valence-corrected chi connectivity index (χ1v) is 6.27. The molecular weight excluding hydrogens is 212 g/mol. The van der Waals surface area contributed by atoms with Crippen LogP contribution in [-0.4, -0.2) is 12.5 Å². The summed E-state index contributed by atoms with van der Waals surface area (Å²) in [7, 11) is 0. The smallest absolute Gasteiger partial charge is 0.224 e. The van der Waals surface area contributed by atoms with Gasteiger partial charge in [-0.05, 0) is 24.0 Å². The lowest BCUT2D eigenvalue weighted by Crippen LogP contribution is -2.34. The predicted octanol–water partition coefficient (Wildman–Crippen LogP) is 1.85. The van der Waals surface area contributed by atoms with E-state index in [4.69, 9.17) is 5.73 Å². The topological polar surface area (TPSA) is 55.1 Å². The van der Waals surface area contributed by atoms with E-state index in [-0.39, 0.29) is 11.8 Å². The highest BCUT2D eigenvalue weighted by Crippen LogP contribution is 2.09. The summed E-state index contributed by atoms with van der Waals surface area (Å²) in [6.07, 6.45) is 1.78. The lowest BCUT2D eigenvalue weighted by atomic mass is 10.0. The van der Waals surface area contributed by atoms with Crippen LogP contribution in [0.3, 0.4) is 0 Å². The Morgan fingerprint density at radius 1 is 1.29 bits per heavy atom. The third kappa shape index (κ3) is 3.86. The molecule has 0 aliphatic heterocycles. The Morgan fingerprint density at radius 2 is 1.94 bits per heavy atom. The van der Waals surface area contributed by atoms with Crippen LogP contribution < -0.4 is 11.1 Å². The highest BCUT2D eigenvalue weighted by atomic mass is 16.1. The zero-order chi connectivity index (χ0) is 12.7. The summed E-state index contributed by atoms with van der Waals surface area (Å²) < 4.78 is 0. The van der Waals surface area contributed by atoms with Crippen molar-refractivity contribution in [2.24, 2.45) is 11.7 Å². The summed E-state index contributed by atoms with van der Waals surface area (Å²) in [5.74, 6) is -0.00954. The van der Waals surface area contributed by atoms with Gasteiger partial charge in [0.1, 0.15) is 0 Å². The van der Waals surface area contributed by atoms with E-state index in [1.165, 1.54) is 11.1 Å². The van der Waals surface area contributed by atoms with Crippen LogP contribution in [0.15, 0.2) is 24.3 Å². The average molecular weight is 234 g/mol. The summed E-state index contributed by atoms with van der Waals surface area (Å²) in [5, 5.41) is 2.96. The molecule has 0 heterocycles. The van der Waals surface area contributed by atoms with Crippen LogP contribution in [0.2, 0.25) is 0 Å². The summed E-state index contributed by atoms with van der Waals surface area (Å²) in [4.78, 5) is 11.8. The Balaban J connectivity index is 2.58. The predicted molar refractivity (Wildman–Crippen MR) is 70.5 cm³/mol. The van der Waals surface area contributed by atoms with Crippen LogP contribution in [0.25, 0.3) is 0 Å². The van der Waals surface area contributed by atoms with Gasteiger partial charge in [0.15, 0.2) is 0 Å². The molecule has 0 radical (unpaired) electrons. The summed E-state index contributed by atoms with van der Waals surface area (Å²) in [6, 6.07) is 8.18. The highest BCUT2D eigenvalue weighted by molar-refractivity contribution is 5.78. The molecule has 3 N–H and O–H groups in total. The van der Waals surface area contributed by atoms with Gasteiger partial charge >= 0.3 is 0 Å². The van der Waals surface area contributed by atoms with E-state index in [0.717, 1.165) is 12.8 Å². The van der Waals surface area contributed by atoms with Crippen LogP contribution >= 0.6 is 0 Å². The largest absolute Gasteiger partial charge is 0.352 e. The van der Waals surface area contributed by atoms with Crippen molar-refractivity contribution >= 4 is 5.91 Å². The first-order chi connectivity index (χ1) is 8.22. The molecule has 1 unspecified atom stereocenters. The Hall–Kier alpha value is -1.35. The number of nitrogens with one attached hydrogen (secondary N) is 1. The van der Waals surface area contributed by atoms with E-state index >= 15 is 0 Å². The van der Waals surface area contributed by atoms with Crippen molar-refractivity contribution in [3.05, 3.63) is 35.4 Å². The number of amides is 1. The Kier molecular flexibility index (Phi) is 5.70.